The number of piperidine rings is 1. The molecule has 0 spiro atoms. The van der Waals surface area contributed by atoms with E-state index in [4.69, 9.17) is 9.73 Å². The third kappa shape index (κ3) is 8.88. The third-order valence-corrected chi connectivity index (χ3v) is 4.99. The van der Waals surface area contributed by atoms with E-state index in [1.54, 1.807) is 0 Å². The number of aliphatic imine (C=N–C) groups is 1. The van der Waals surface area contributed by atoms with Gasteiger partial charge in [-0.05, 0) is 39.2 Å². The van der Waals surface area contributed by atoms with Crippen molar-refractivity contribution in [3.63, 3.8) is 0 Å². The highest BCUT2D eigenvalue weighted by molar-refractivity contribution is 14.0. The molecule has 2 unspecified atom stereocenters. The molecule has 2 aliphatic heterocycles. The molecule has 0 radical (unpaired) electrons. The van der Waals surface area contributed by atoms with Crippen LogP contribution in [0.4, 0.5) is 0 Å². The number of ether oxygens (including phenoxy) is 1. The highest BCUT2D eigenvalue weighted by Gasteiger charge is 2.17. The Bertz CT molecular complexity index is 376. The number of halogens is 1. The first-order valence-corrected chi connectivity index (χ1v) is 9.75. The summed E-state index contributed by atoms with van der Waals surface area (Å²) < 4.78 is 5.43. The Morgan fingerprint density at radius 3 is 2.68 bits per heavy atom. The van der Waals surface area contributed by atoms with Gasteiger partial charge in [0.2, 0.25) is 0 Å². The molecule has 148 valence electrons. The molecule has 2 saturated heterocycles. The van der Waals surface area contributed by atoms with Crippen LogP contribution in [-0.2, 0) is 4.74 Å². The van der Waals surface area contributed by atoms with Gasteiger partial charge in [0.05, 0.1) is 19.8 Å². The van der Waals surface area contributed by atoms with E-state index in [1.807, 2.05) is 0 Å². The highest BCUT2D eigenvalue weighted by atomic mass is 127. The molecule has 2 heterocycles. The largest absolute Gasteiger partial charge is 0.379 e. The van der Waals surface area contributed by atoms with E-state index < -0.39 is 0 Å². The molecule has 0 saturated carbocycles. The van der Waals surface area contributed by atoms with Crippen LogP contribution in [0.5, 0.6) is 0 Å². The van der Waals surface area contributed by atoms with E-state index in [2.05, 4.69) is 41.2 Å². The molecular weight excluding hydrogens is 429 g/mol. The van der Waals surface area contributed by atoms with Gasteiger partial charge in [-0.1, -0.05) is 6.92 Å². The van der Waals surface area contributed by atoms with Gasteiger partial charge in [-0.15, -0.1) is 24.0 Å². The molecule has 0 aromatic heterocycles. The van der Waals surface area contributed by atoms with Gasteiger partial charge in [0.25, 0.3) is 0 Å². The van der Waals surface area contributed by atoms with Crippen LogP contribution in [0.1, 0.15) is 33.6 Å². The van der Waals surface area contributed by atoms with E-state index in [0.29, 0.717) is 6.04 Å². The van der Waals surface area contributed by atoms with Crippen LogP contribution in [0.25, 0.3) is 0 Å². The Hall–Kier alpha value is -0.120. The average Bonchev–Trinajstić information content (AvgIpc) is 2.60. The van der Waals surface area contributed by atoms with Gasteiger partial charge in [-0.2, -0.15) is 0 Å². The lowest BCUT2D eigenvalue weighted by Gasteiger charge is -2.32. The van der Waals surface area contributed by atoms with Gasteiger partial charge < -0.3 is 20.3 Å². The lowest BCUT2D eigenvalue weighted by atomic mass is 10.0. The summed E-state index contributed by atoms with van der Waals surface area (Å²) in [5, 5.41) is 6.86. The molecule has 25 heavy (non-hydrogen) atoms. The number of hydrogen-bond acceptors (Lipinski definition) is 4. The molecule has 0 aromatic rings. The van der Waals surface area contributed by atoms with Crippen molar-refractivity contribution in [3.05, 3.63) is 0 Å². The molecule has 2 fully saturated rings. The summed E-state index contributed by atoms with van der Waals surface area (Å²) in [6.45, 7) is 16.8. The second-order valence-corrected chi connectivity index (χ2v) is 7.19. The molecule has 6 nitrogen and oxygen atoms in total. The van der Waals surface area contributed by atoms with Crippen molar-refractivity contribution in [2.45, 2.75) is 39.7 Å². The third-order valence-electron chi connectivity index (χ3n) is 4.99. The first-order valence-electron chi connectivity index (χ1n) is 9.75. The van der Waals surface area contributed by atoms with Crippen molar-refractivity contribution in [1.82, 2.24) is 20.4 Å². The molecule has 2 N–H and O–H groups in total. The number of hydrogen-bond donors (Lipinski definition) is 2. The Morgan fingerprint density at radius 1 is 1.24 bits per heavy atom. The summed E-state index contributed by atoms with van der Waals surface area (Å²) in [6.07, 6.45) is 2.72. The van der Waals surface area contributed by atoms with Gasteiger partial charge in [-0.25, -0.2) is 0 Å². The molecule has 2 aliphatic rings. The fourth-order valence-corrected chi connectivity index (χ4v) is 3.52. The number of morpholine rings is 1. The second kappa shape index (κ2) is 13.1. The van der Waals surface area contributed by atoms with E-state index >= 15 is 0 Å². The minimum Gasteiger partial charge on any atom is -0.379 e. The maximum atomic E-state index is 5.43. The van der Waals surface area contributed by atoms with E-state index in [0.717, 1.165) is 64.4 Å². The molecule has 2 atom stereocenters. The topological polar surface area (TPSA) is 52.1 Å². The van der Waals surface area contributed by atoms with Crippen molar-refractivity contribution in [1.29, 1.82) is 0 Å². The summed E-state index contributed by atoms with van der Waals surface area (Å²) in [5.41, 5.74) is 0. The standard InChI is InChI=1S/C18H37N5O.HI/c1-4-19-18(20-7-9-22-8-5-6-16(2)15-22)21-14-17(3)23-10-12-24-13-11-23;/h16-17H,4-15H2,1-3H3,(H2,19,20,21);1H. The maximum absolute atomic E-state index is 5.43. The Kier molecular flexibility index (Phi) is 12.0. The number of rotatable bonds is 7. The van der Waals surface area contributed by atoms with Crippen LogP contribution in [0, 0.1) is 5.92 Å². The van der Waals surface area contributed by atoms with Gasteiger partial charge in [0.1, 0.15) is 0 Å². The summed E-state index contributed by atoms with van der Waals surface area (Å²) >= 11 is 0. The van der Waals surface area contributed by atoms with Crippen LogP contribution in [-0.4, -0.2) is 87.4 Å². The van der Waals surface area contributed by atoms with Crippen LogP contribution < -0.4 is 10.6 Å². The maximum Gasteiger partial charge on any atom is 0.191 e. The van der Waals surface area contributed by atoms with Crippen molar-refractivity contribution in [2.24, 2.45) is 10.9 Å². The fourth-order valence-electron chi connectivity index (χ4n) is 3.52. The minimum atomic E-state index is 0. The number of likely N-dealkylation sites (tertiary alicyclic amines) is 1. The predicted octanol–water partition coefficient (Wildman–Crippen LogP) is 1.61. The zero-order chi connectivity index (χ0) is 17.2. The number of nitrogens with zero attached hydrogens (tertiary/aromatic N) is 3. The highest BCUT2D eigenvalue weighted by Crippen LogP contribution is 2.14. The van der Waals surface area contributed by atoms with Crippen LogP contribution >= 0.6 is 24.0 Å². The zero-order valence-electron chi connectivity index (χ0n) is 16.3. The van der Waals surface area contributed by atoms with Crippen LogP contribution in [0.3, 0.4) is 0 Å². The average molecular weight is 467 g/mol. The van der Waals surface area contributed by atoms with Crippen molar-refractivity contribution in [3.8, 4) is 0 Å². The van der Waals surface area contributed by atoms with Gasteiger partial charge in [0, 0.05) is 45.3 Å². The first kappa shape index (κ1) is 22.9. The van der Waals surface area contributed by atoms with E-state index in [-0.39, 0.29) is 24.0 Å². The number of nitrogens with one attached hydrogen (secondary N) is 2. The van der Waals surface area contributed by atoms with Crippen molar-refractivity contribution in [2.75, 3.05) is 65.6 Å². The molecule has 0 bridgehead atoms. The zero-order valence-corrected chi connectivity index (χ0v) is 18.6. The molecule has 0 aromatic carbocycles. The predicted molar refractivity (Wildman–Crippen MR) is 116 cm³/mol. The lowest BCUT2D eigenvalue weighted by Crippen LogP contribution is -2.46. The molecule has 0 aliphatic carbocycles. The van der Waals surface area contributed by atoms with E-state index in [9.17, 15) is 0 Å². The molecular formula is C18H38IN5O. The number of guanidine groups is 1. The quantitative estimate of drug-likeness (QED) is 0.339. The SMILES string of the molecule is CCNC(=NCC(C)N1CCOCC1)NCCN1CCCC(C)C1.I. The van der Waals surface area contributed by atoms with E-state index in [1.165, 1.54) is 25.9 Å². The summed E-state index contributed by atoms with van der Waals surface area (Å²) in [4.78, 5) is 9.81. The molecule has 2 rings (SSSR count). The fraction of sp³-hybridized carbons (Fsp3) is 0.944. The molecule has 0 amide bonds. The Labute approximate surface area is 171 Å². The smallest absolute Gasteiger partial charge is 0.191 e. The van der Waals surface area contributed by atoms with Gasteiger partial charge in [-0.3, -0.25) is 9.89 Å². The van der Waals surface area contributed by atoms with Gasteiger partial charge in [0.15, 0.2) is 5.96 Å². The summed E-state index contributed by atoms with van der Waals surface area (Å²) in [7, 11) is 0. The Balaban J connectivity index is 0.00000312. The summed E-state index contributed by atoms with van der Waals surface area (Å²) in [6, 6.07) is 0.465. The summed E-state index contributed by atoms with van der Waals surface area (Å²) in [5.74, 6) is 1.79. The van der Waals surface area contributed by atoms with Crippen LogP contribution in [0.15, 0.2) is 4.99 Å². The van der Waals surface area contributed by atoms with Gasteiger partial charge >= 0.3 is 0 Å². The van der Waals surface area contributed by atoms with Crippen molar-refractivity contribution >= 4 is 29.9 Å². The first-order chi connectivity index (χ1) is 11.7. The lowest BCUT2D eigenvalue weighted by molar-refractivity contribution is 0.0220. The van der Waals surface area contributed by atoms with Crippen LogP contribution in [0.2, 0.25) is 0 Å². The van der Waals surface area contributed by atoms with Crippen molar-refractivity contribution < 1.29 is 4.74 Å². The Morgan fingerprint density at radius 2 is 2.00 bits per heavy atom. The normalized spacial score (nSPS) is 24.4. The minimum absolute atomic E-state index is 0. The monoisotopic (exact) mass is 467 g/mol. The molecule has 7 heteroatoms. The second-order valence-electron chi connectivity index (χ2n) is 7.19.